The molecule has 0 fully saturated rings. The summed E-state index contributed by atoms with van der Waals surface area (Å²) in [5, 5.41) is 14.7. The molecule has 1 aromatic heterocycles. The average molecular weight is 480 g/mol. The van der Waals surface area contributed by atoms with Crippen molar-refractivity contribution in [3.63, 3.8) is 0 Å². The molecule has 8 nitrogen and oxygen atoms in total. The van der Waals surface area contributed by atoms with E-state index in [9.17, 15) is 14.9 Å². The largest absolute Gasteiger partial charge is 0.495 e. The van der Waals surface area contributed by atoms with Gasteiger partial charge in [-0.2, -0.15) is 0 Å². The third-order valence-electron chi connectivity index (χ3n) is 4.30. The van der Waals surface area contributed by atoms with Gasteiger partial charge in [0, 0.05) is 28.5 Å². The molecule has 10 heteroatoms. The van der Waals surface area contributed by atoms with E-state index in [1.165, 1.54) is 24.1 Å². The summed E-state index contributed by atoms with van der Waals surface area (Å²) in [6, 6.07) is 7.91. The quantitative estimate of drug-likeness (QED) is 0.320. The predicted molar refractivity (Wildman–Crippen MR) is 115 cm³/mol. The van der Waals surface area contributed by atoms with Crippen LogP contribution in [0.25, 0.3) is 5.69 Å². The molecule has 0 aliphatic heterocycles. The fraction of sp³-hybridized carbons (Fsp3) is 0.158. The van der Waals surface area contributed by atoms with Crippen LogP contribution in [0.3, 0.4) is 0 Å². The first-order chi connectivity index (χ1) is 13.7. The van der Waals surface area contributed by atoms with Gasteiger partial charge in [-0.15, -0.1) is 0 Å². The Morgan fingerprint density at radius 1 is 1.31 bits per heavy atom. The molecular weight excluding hydrogens is 464 g/mol. The number of nitro benzene ring substituents is 1. The smallest absolute Gasteiger partial charge is 0.295 e. The number of aliphatic imine (C=N–C) groups is 1. The molecular formula is C19H16BrClN4O4. The summed E-state index contributed by atoms with van der Waals surface area (Å²) in [7, 11) is 1.49. The van der Waals surface area contributed by atoms with E-state index in [1.54, 1.807) is 38.1 Å². The number of hydrogen-bond donors (Lipinski definition) is 1. The minimum atomic E-state index is -0.515. The van der Waals surface area contributed by atoms with E-state index in [1.807, 2.05) is 0 Å². The Morgan fingerprint density at radius 2 is 2.03 bits per heavy atom. The van der Waals surface area contributed by atoms with E-state index in [2.05, 4.69) is 26.0 Å². The van der Waals surface area contributed by atoms with Gasteiger partial charge in [-0.3, -0.25) is 20.0 Å². The third-order valence-corrected chi connectivity index (χ3v) is 5.46. The fourth-order valence-corrected chi connectivity index (χ4v) is 3.25. The number of nitro groups is 1. The standard InChI is InChI=1S/C19H16BrClN4O4/c1-10-6-16(17(25(27)28)8-14(10)20)22-9-13-11(2)23-24(19(13)26)12-4-5-15(21)18(7-12)29-3/h4-9,23H,1-3H3. The van der Waals surface area contributed by atoms with E-state index in [4.69, 9.17) is 16.3 Å². The summed E-state index contributed by atoms with van der Waals surface area (Å²) in [5.41, 5.74) is 1.82. The van der Waals surface area contributed by atoms with Crippen molar-refractivity contribution < 1.29 is 9.66 Å². The number of aromatic amines is 1. The minimum Gasteiger partial charge on any atom is -0.495 e. The number of nitrogens with one attached hydrogen (secondary N) is 1. The zero-order valence-electron chi connectivity index (χ0n) is 15.7. The number of benzene rings is 2. The average Bonchev–Trinajstić information content (AvgIpc) is 2.96. The van der Waals surface area contributed by atoms with Gasteiger partial charge < -0.3 is 4.74 Å². The maximum absolute atomic E-state index is 12.9. The van der Waals surface area contributed by atoms with Crippen LogP contribution in [0.1, 0.15) is 16.8 Å². The number of aromatic nitrogens is 2. The highest BCUT2D eigenvalue weighted by atomic mass is 79.9. The fourth-order valence-electron chi connectivity index (χ4n) is 2.72. The number of nitrogens with zero attached hydrogens (tertiary/aromatic N) is 3. The van der Waals surface area contributed by atoms with Gasteiger partial charge in [-0.25, -0.2) is 9.67 Å². The lowest BCUT2D eigenvalue weighted by atomic mass is 10.2. The second-order valence-corrected chi connectivity index (χ2v) is 7.48. The Labute approximate surface area is 179 Å². The highest BCUT2D eigenvalue weighted by Crippen LogP contribution is 2.33. The zero-order valence-corrected chi connectivity index (χ0v) is 18.0. The second-order valence-electron chi connectivity index (χ2n) is 6.22. The van der Waals surface area contributed by atoms with Crippen molar-refractivity contribution >= 4 is 45.1 Å². The minimum absolute atomic E-state index is 0.158. The molecule has 0 saturated heterocycles. The van der Waals surface area contributed by atoms with Crippen molar-refractivity contribution in [2.24, 2.45) is 4.99 Å². The van der Waals surface area contributed by atoms with Crippen LogP contribution in [0.4, 0.5) is 11.4 Å². The zero-order chi connectivity index (χ0) is 21.3. The van der Waals surface area contributed by atoms with Gasteiger partial charge in [-0.1, -0.05) is 27.5 Å². The molecule has 0 atom stereocenters. The SMILES string of the molecule is COc1cc(-n2[nH]c(C)c(C=Nc3cc(C)c(Br)cc3[N+](=O)[O-])c2=O)ccc1Cl. The summed E-state index contributed by atoms with van der Waals surface area (Å²) in [4.78, 5) is 27.9. The lowest BCUT2D eigenvalue weighted by Crippen LogP contribution is -2.17. The van der Waals surface area contributed by atoms with Crippen LogP contribution in [0.2, 0.25) is 5.02 Å². The van der Waals surface area contributed by atoms with Crippen LogP contribution in [0, 0.1) is 24.0 Å². The van der Waals surface area contributed by atoms with Gasteiger partial charge in [0.2, 0.25) is 0 Å². The monoisotopic (exact) mass is 478 g/mol. The predicted octanol–water partition coefficient (Wildman–Crippen LogP) is 4.87. The van der Waals surface area contributed by atoms with E-state index >= 15 is 0 Å². The topological polar surface area (TPSA) is 103 Å². The number of rotatable bonds is 5. The van der Waals surface area contributed by atoms with Crippen LogP contribution in [0.15, 0.2) is 44.6 Å². The van der Waals surface area contributed by atoms with E-state index in [0.29, 0.717) is 26.6 Å². The molecule has 2 aromatic carbocycles. The number of ether oxygens (including phenoxy) is 1. The molecule has 3 aromatic rings. The molecule has 0 amide bonds. The molecule has 150 valence electrons. The summed E-state index contributed by atoms with van der Waals surface area (Å²) >= 11 is 9.32. The Bertz CT molecular complexity index is 1200. The van der Waals surface area contributed by atoms with Crippen LogP contribution < -0.4 is 10.3 Å². The molecule has 0 aliphatic carbocycles. The second kappa shape index (κ2) is 8.22. The van der Waals surface area contributed by atoms with Gasteiger partial charge in [0.25, 0.3) is 11.2 Å². The Morgan fingerprint density at radius 3 is 2.69 bits per heavy atom. The Balaban J connectivity index is 2.06. The molecule has 0 aliphatic rings. The van der Waals surface area contributed by atoms with Gasteiger partial charge in [0.1, 0.15) is 11.4 Å². The molecule has 0 spiro atoms. The lowest BCUT2D eigenvalue weighted by molar-refractivity contribution is -0.384. The maximum atomic E-state index is 12.9. The molecule has 3 rings (SSSR count). The molecule has 0 saturated carbocycles. The molecule has 0 bridgehead atoms. The molecule has 1 N–H and O–H groups in total. The molecule has 1 heterocycles. The van der Waals surface area contributed by atoms with E-state index in [0.717, 1.165) is 5.56 Å². The summed E-state index contributed by atoms with van der Waals surface area (Å²) in [6.45, 7) is 3.52. The number of aryl methyl sites for hydroxylation is 2. The van der Waals surface area contributed by atoms with Gasteiger partial charge in [0.05, 0.1) is 28.3 Å². The molecule has 0 unspecified atom stereocenters. The highest BCUT2D eigenvalue weighted by molar-refractivity contribution is 9.10. The van der Waals surface area contributed by atoms with Crippen LogP contribution >= 0.6 is 27.5 Å². The van der Waals surface area contributed by atoms with Crippen LogP contribution in [-0.4, -0.2) is 28.0 Å². The van der Waals surface area contributed by atoms with Crippen LogP contribution in [-0.2, 0) is 0 Å². The summed E-state index contributed by atoms with van der Waals surface area (Å²) in [5.74, 6) is 0.430. The first kappa shape index (κ1) is 20.8. The van der Waals surface area contributed by atoms with Crippen LogP contribution in [0.5, 0.6) is 5.75 Å². The number of hydrogen-bond acceptors (Lipinski definition) is 5. The number of methoxy groups -OCH3 is 1. The third kappa shape index (κ3) is 4.10. The highest BCUT2D eigenvalue weighted by Gasteiger charge is 2.17. The lowest BCUT2D eigenvalue weighted by Gasteiger charge is -2.06. The van der Waals surface area contributed by atoms with Crippen molar-refractivity contribution in [1.82, 2.24) is 9.78 Å². The van der Waals surface area contributed by atoms with Crippen molar-refractivity contribution in [3.8, 4) is 11.4 Å². The number of H-pyrrole nitrogens is 1. The maximum Gasteiger partial charge on any atom is 0.295 e. The number of halogens is 2. The first-order valence-electron chi connectivity index (χ1n) is 8.37. The summed E-state index contributed by atoms with van der Waals surface area (Å²) in [6.07, 6.45) is 1.33. The summed E-state index contributed by atoms with van der Waals surface area (Å²) < 4.78 is 7.13. The molecule has 29 heavy (non-hydrogen) atoms. The van der Waals surface area contributed by atoms with Gasteiger partial charge in [-0.05, 0) is 37.6 Å². The first-order valence-corrected chi connectivity index (χ1v) is 9.54. The Kier molecular flexibility index (Phi) is 5.90. The van der Waals surface area contributed by atoms with Crippen molar-refractivity contribution in [2.45, 2.75) is 13.8 Å². The van der Waals surface area contributed by atoms with Crippen molar-refractivity contribution in [3.05, 3.63) is 77.1 Å². The normalized spacial score (nSPS) is 11.2. The van der Waals surface area contributed by atoms with E-state index in [-0.39, 0.29) is 22.5 Å². The molecule has 0 radical (unpaired) electrons. The van der Waals surface area contributed by atoms with Gasteiger partial charge >= 0.3 is 0 Å². The van der Waals surface area contributed by atoms with Crippen molar-refractivity contribution in [1.29, 1.82) is 0 Å². The van der Waals surface area contributed by atoms with Crippen molar-refractivity contribution in [2.75, 3.05) is 7.11 Å². The van der Waals surface area contributed by atoms with Gasteiger partial charge in [0.15, 0.2) is 0 Å². The Hall–Kier alpha value is -2.91. The van der Waals surface area contributed by atoms with E-state index < -0.39 is 4.92 Å².